The second-order valence-electron chi connectivity index (χ2n) is 6.35. The molecule has 136 valence electrons. The molecular weight excluding hydrogens is 362 g/mol. The van der Waals surface area contributed by atoms with Crippen LogP contribution >= 0.6 is 11.3 Å². The van der Waals surface area contributed by atoms with Crippen LogP contribution in [-0.4, -0.2) is 26.8 Å². The highest BCUT2D eigenvalue weighted by atomic mass is 32.1. The summed E-state index contributed by atoms with van der Waals surface area (Å²) in [4.78, 5) is 25.9. The average molecular weight is 379 g/mol. The standard InChI is InChI=1S/C19H17N5O2S/c20-12-13-3-5-14(6-4-13)18(25)21-9-10-23-19(26)24(15-7-8-15)17(22-23)16-2-1-11-27-16/h1-6,11,15H,7-10H2,(H,21,25). The van der Waals surface area contributed by atoms with Gasteiger partial charge in [-0.15, -0.1) is 16.4 Å². The summed E-state index contributed by atoms with van der Waals surface area (Å²) in [6.07, 6.45) is 2.00. The molecule has 1 N–H and O–H groups in total. The lowest BCUT2D eigenvalue weighted by Gasteiger charge is -2.05. The SMILES string of the molecule is N#Cc1ccc(C(=O)NCCn2nc(-c3cccs3)n(C3CC3)c2=O)cc1. The molecule has 0 atom stereocenters. The van der Waals surface area contributed by atoms with E-state index in [-0.39, 0.29) is 17.6 Å². The van der Waals surface area contributed by atoms with Gasteiger partial charge in [-0.1, -0.05) is 6.07 Å². The van der Waals surface area contributed by atoms with Crippen molar-refractivity contribution in [2.45, 2.75) is 25.4 Å². The molecule has 8 heteroatoms. The zero-order valence-corrected chi connectivity index (χ0v) is 15.3. The number of benzene rings is 1. The van der Waals surface area contributed by atoms with Crippen molar-refractivity contribution in [1.82, 2.24) is 19.7 Å². The molecule has 4 rings (SSSR count). The number of hydrogen-bond acceptors (Lipinski definition) is 5. The Balaban J connectivity index is 1.45. The van der Waals surface area contributed by atoms with Gasteiger partial charge in [-0.05, 0) is 48.6 Å². The van der Waals surface area contributed by atoms with E-state index in [0.29, 0.717) is 30.0 Å². The molecule has 0 unspecified atom stereocenters. The second kappa shape index (κ2) is 7.21. The van der Waals surface area contributed by atoms with E-state index in [4.69, 9.17) is 5.26 Å². The van der Waals surface area contributed by atoms with Crippen molar-refractivity contribution in [1.29, 1.82) is 5.26 Å². The minimum absolute atomic E-state index is 0.131. The summed E-state index contributed by atoms with van der Waals surface area (Å²) >= 11 is 1.56. The largest absolute Gasteiger partial charge is 0.350 e. The van der Waals surface area contributed by atoms with Gasteiger partial charge >= 0.3 is 5.69 Å². The molecule has 0 spiro atoms. The molecule has 2 heterocycles. The van der Waals surface area contributed by atoms with E-state index in [0.717, 1.165) is 17.7 Å². The van der Waals surface area contributed by atoms with Gasteiger partial charge in [0, 0.05) is 18.2 Å². The van der Waals surface area contributed by atoms with Gasteiger partial charge in [-0.25, -0.2) is 9.48 Å². The minimum Gasteiger partial charge on any atom is -0.350 e. The smallest absolute Gasteiger partial charge is 0.346 e. The summed E-state index contributed by atoms with van der Waals surface area (Å²) in [7, 11) is 0. The molecule has 2 aromatic heterocycles. The van der Waals surface area contributed by atoms with Gasteiger partial charge in [0.25, 0.3) is 5.91 Å². The fourth-order valence-electron chi connectivity index (χ4n) is 2.88. The summed E-state index contributed by atoms with van der Waals surface area (Å²) in [5.74, 6) is 0.462. The van der Waals surface area contributed by atoms with Gasteiger partial charge < -0.3 is 5.32 Å². The maximum Gasteiger partial charge on any atom is 0.346 e. The number of carbonyl (C=O) groups is 1. The highest BCUT2D eigenvalue weighted by molar-refractivity contribution is 7.13. The predicted molar refractivity (Wildman–Crippen MR) is 102 cm³/mol. The van der Waals surface area contributed by atoms with E-state index in [9.17, 15) is 9.59 Å². The van der Waals surface area contributed by atoms with Crippen LogP contribution in [-0.2, 0) is 6.54 Å². The predicted octanol–water partition coefficient (Wildman–Crippen LogP) is 2.41. The number of aromatic nitrogens is 3. The van der Waals surface area contributed by atoms with Crippen LogP contribution in [0, 0.1) is 11.3 Å². The average Bonchev–Trinajstić information content (AvgIpc) is 3.26. The van der Waals surface area contributed by atoms with Crippen LogP contribution < -0.4 is 11.0 Å². The lowest BCUT2D eigenvalue weighted by molar-refractivity contribution is 0.0952. The molecule has 0 saturated heterocycles. The molecule has 0 radical (unpaired) electrons. The van der Waals surface area contributed by atoms with Crippen LogP contribution in [0.2, 0.25) is 0 Å². The van der Waals surface area contributed by atoms with Gasteiger partial charge in [-0.2, -0.15) is 5.26 Å². The summed E-state index contributed by atoms with van der Waals surface area (Å²) in [5, 5.41) is 18.1. The zero-order chi connectivity index (χ0) is 18.8. The molecule has 1 aliphatic carbocycles. The van der Waals surface area contributed by atoms with Crippen molar-refractivity contribution in [3.8, 4) is 16.8 Å². The summed E-state index contributed by atoms with van der Waals surface area (Å²) in [6, 6.07) is 12.6. The number of hydrogen-bond donors (Lipinski definition) is 1. The molecular formula is C19H17N5O2S. The highest BCUT2D eigenvalue weighted by Gasteiger charge is 2.30. The Kier molecular flexibility index (Phi) is 4.60. The quantitative estimate of drug-likeness (QED) is 0.712. The molecule has 0 aliphatic heterocycles. The number of nitrogens with zero attached hydrogens (tertiary/aromatic N) is 4. The summed E-state index contributed by atoms with van der Waals surface area (Å²) < 4.78 is 3.20. The van der Waals surface area contributed by atoms with E-state index in [1.807, 2.05) is 23.6 Å². The Morgan fingerprint density at radius 2 is 2.07 bits per heavy atom. The first-order valence-corrected chi connectivity index (χ1v) is 9.57. The monoisotopic (exact) mass is 379 g/mol. The molecule has 0 bridgehead atoms. The molecule has 1 saturated carbocycles. The number of nitriles is 1. The van der Waals surface area contributed by atoms with Crippen molar-refractivity contribution in [3.05, 3.63) is 63.4 Å². The number of nitrogens with one attached hydrogen (secondary N) is 1. The van der Waals surface area contributed by atoms with Gasteiger partial charge in [-0.3, -0.25) is 9.36 Å². The third-order valence-electron chi connectivity index (χ3n) is 4.41. The Hall–Kier alpha value is -3.18. The van der Waals surface area contributed by atoms with Gasteiger partial charge in [0.05, 0.1) is 23.1 Å². The number of carbonyl (C=O) groups excluding carboxylic acids is 1. The van der Waals surface area contributed by atoms with Crippen LogP contribution in [0.5, 0.6) is 0 Å². The highest BCUT2D eigenvalue weighted by Crippen LogP contribution is 2.37. The molecule has 1 aromatic carbocycles. The number of rotatable bonds is 6. The Labute approximate surface area is 159 Å². The van der Waals surface area contributed by atoms with E-state index in [1.165, 1.54) is 4.68 Å². The van der Waals surface area contributed by atoms with Crippen molar-refractivity contribution < 1.29 is 4.79 Å². The number of thiophene rings is 1. The Bertz CT molecular complexity index is 1050. The molecule has 1 fully saturated rings. The first kappa shape index (κ1) is 17.2. The Morgan fingerprint density at radius 1 is 1.30 bits per heavy atom. The van der Waals surface area contributed by atoms with Gasteiger partial charge in [0.1, 0.15) is 0 Å². The second-order valence-corrected chi connectivity index (χ2v) is 7.30. The molecule has 1 aliphatic rings. The number of amides is 1. The van der Waals surface area contributed by atoms with Crippen LogP contribution in [0.1, 0.15) is 34.8 Å². The van der Waals surface area contributed by atoms with Crippen molar-refractivity contribution in [3.63, 3.8) is 0 Å². The fourth-order valence-corrected chi connectivity index (χ4v) is 3.58. The first-order chi connectivity index (χ1) is 13.2. The van der Waals surface area contributed by atoms with Crippen molar-refractivity contribution in [2.24, 2.45) is 0 Å². The van der Waals surface area contributed by atoms with E-state index in [2.05, 4.69) is 10.4 Å². The maximum atomic E-state index is 12.7. The normalized spacial score (nSPS) is 13.3. The molecule has 1 amide bonds. The molecule has 27 heavy (non-hydrogen) atoms. The van der Waals surface area contributed by atoms with Crippen LogP contribution in [0.15, 0.2) is 46.6 Å². The lowest BCUT2D eigenvalue weighted by Crippen LogP contribution is -2.32. The van der Waals surface area contributed by atoms with E-state index >= 15 is 0 Å². The summed E-state index contributed by atoms with van der Waals surface area (Å²) in [6.45, 7) is 0.600. The lowest BCUT2D eigenvalue weighted by atomic mass is 10.1. The molecule has 7 nitrogen and oxygen atoms in total. The Morgan fingerprint density at radius 3 is 2.70 bits per heavy atom. The van der Waals surface area contributed by atoms with Crippen LogP contribution in [0.25, 0.3) is 10.7 Å². The molecule has 3 aromatic rings. The van der Waals surface area contributed by atoms with Gasteiger partial charge in [0.2, 0.25) is 0 Å². The van der Waals surface area contributed by atoms with E-state index in [1.54, 1.807) is 40.2 Å². The zero-order valence-electron chi connectivity index (χ0n) is 14.5. The van der Waals surface area contributed by atoms with E-state index < -0.39 is 0 Å². The van der Waals surface area contributed by atoms with Gasteiger partial charge in [0.15, 0.2) is 5.82 Å². The third kappa shape index (κ3) is 3.55. The topological polar surface area (TPSA) is 92.7 Å². The van der Waals surface area contributed by atoms with Crippen LogP contribution in [0.4, 0.5) is 0 Å². The minimum atomic E-state index is -0.243. The van der Waals surface area contributed by atoms with Crippen molar-refractivity contribution >= 4 is 17.2 Å². The van der Waals surface area contributed by atoms with Crippen molar-refractivity contribution in [2.75, 3.05) is 6.54 Å². The van der Waals surface area contributed by atoms with Crippen LogP contribution in [0.3, 0.4) is 0 Å². The summed E-state index contributed by atoms with van der Waals surface area (Å²) in [5.41, 5.74) is 0.850. The fraction of sp³-hybridized carbons (Fsp3) is 0.263. The first-order valence-electron chi connectivity index (χ1n) is 8.69. The third-order valence-corrected chi connectivity index (χ3v) is 5.28. The maximum absolute atomic E-state index is 12.7.